The number of methoxy groups -OCH3 is 1. The Morgan fingerprint density at radius 1 is 1.31 bits per heavy atom. The van der Waals surface area contributed by atoms with Gasteiger partial charge < -0.3 is 4.74 Å². The molecule has 1 aliphatic carbocycles. The van der Waals surface area contributed by atoms with Crippen molar-refractivity contribution in [2.75, 3.05) is 7.11 Å². The lowest BCUT2D eigenvalue weighted by atomic mass is 9.97. The molecule has 1 unspecified atom stereocenters. The molecule has 0 saturated heterocycles. The Morgan fingerprint density at radius 3 is 2.38 bits per heavy atom. The Hall–Kier alpha value is -0.720. The molecular weight excluding hydrogens is 160 g/mol. The lowest BCUT2D eigenvalue weighted by Crippen LogP contribution is -1.97. The molecule has 0 aromatic rings. The summed E-state index contributed by atoms with van der Waals surface area (Å²) >= 11 is 0. The summed E-state index contributed by atoms with van der Waals surface area (Å²) in [5.41, 5.74) is 1.47. The van der Waals surface area contributed by atoms with Crippen molar-refractivity contribution in [2.24, 2.45) is 11.8 Å². The Morgan fingerprint density at radius 2 is 1.92 bits per heavy atom. The number of ether oxygens (including phenoxy) is 1. The fourth-order valence-corrected chi connectivity index (χ4v) is 1.44. The largest absolute Gasteiger partial charge is 0.501 e. The molecule has 1 fully saturated rings. The fraction of sp³-hybridized carbons (Fsp3) is 0.667. The summed E-state index contributed by atoms with van der Waals surface area (Å²) in [5, 5.41) is 0. The minimum Gasteiger partial charge on any atom is -0.501 e. The first-order chi connectivity index (χ1) is 6.15. The molecule has 0 aliphatic heterocycles. The van der Waals surface area contributed by atoms with E-state index in [4.69, 9.17) is 4.74 Å². The molecule has 0 heterocycles. The van der Waals surface area contributed by atoms with Gasteiger partial charge >= 0.3 is 0 Å². The van der Waals surface area contributed by atoms with Crippen molar-refractivity contribution in [3.8, 4) is 0 Å². The molecule has 0 N–H and O–H groups in total. The second kappa shape index (κ2) is 4.50. The predicted octanol–water partition coefficient (Wildman–Crippen LogP) is 3.53. The first-order valence-electron chi connectivity index (χ1n) is 5.04. The number of rotatable bonds is 4. The molecule has 1 aliphatic rings. The molecule has 0 amide bonds. The Kier molecular flexibility index (Phi) is 3.58. The van der Waals surface area contributed by atoms with Gasteiger partial charge in [0.05, 0.1) is 12.9 Å². The lowest BCUT2D eigenvalue weighted by molar-refractivity contribution is 0.293. The van der Waals surface area contributed by atoms with Gasteiger partial charge in [-0.2, -0.15) is 0 Å². The standard InChI is InChI=1S/C12H20O/c1-9(5-6-10(2)13-4)11(3)12-7-8-12/h5-6,11-12H,7-8H2,1-4H3/b9-5+,10-6+. The summed E-state index contributed by atoms with van der Waals surface area (Å²) < 4.78 is 5.07. The van der Waals surface area contributed by atoms with Crippen molar-refractivity contribution in [3.05, 3.63) is 23.5 Å². The van der Waals surface area contributed by atoms with Crippen LogP contribution in [0.3, 0.4) is 0 Å². The van der Waals surface area contributed by atoms with Crippen LogP contribution in [0, 0.1) is 11.8 Å². The minimum absolute atomic E-state index is 0.751. The Labute approximate surface area is 81.5 Å². The number of hydrogen-bond acceptors (Lipinski definition) is 1. The van der Waals surface area contributed by atoms with E-state index in [1.807, 2.05) is 13.0 Å². The quantitative estimate of drug-likeness (QED) is 0.475. The van der Waals surface area contributed by atoms with Crippen LogP contribution < -0.4 is 0 Å². The fourth-order valence-electron chi connectivity index (χ4n) is 1.44. The maximum Gasteiger partial charge on any atom is 0.0924 e. The van der Waals surface area contributed by atoms with Crippen molar-refractivity contribution < 1.29 is 4.74 Å². The van der Waals surface area contributed by atoms with Crippen LogP contribution in [0.15, 0.2) is 23.5 Å². The van der Waals surface area contributed by atoms with Gasteiger partial charge in [-0.05, 0) is 44.6 Å². The molecule has 0 bridgehead atoms. The highest BCUT2D eigenvalue weighted by Gasteiger charge is 2.28. The normalized spacial score (nSPS) is 21.5. The van der Waals surface area contributed by atoms with Gasteiger partial charge in [-0.3, -0.25) is 0 Å². The molecule has 0 aromatic carbocycles. The van der Waals surface area contributed by atoms with E-state index < -0.39 is 0 Å². The van der Waals surface area contributed by atoms with Crippen LogP contribution in [0.1, 0.15) is 33.6 Å². The van der Waals surface area contributed by atoms with E-state index in [-0.39, 0.29) is 0 Å². The summed E-state index contributed by atoms with van der Waals surface area (Å²) in [6.07, 6.45) is 7.06. The van der Waals surface area contributed by atoms with Gasteiger partial charge in [-0.25, -0.2) is 0 Å². The predicted molar refractivity (Wildman–Crippen MR) is 56.4 cm³/mol. The van der Waals surface area contributed by atoms with Crippen molar-refractivity contribution in [3.63, 3.8) is 0 Å². The van der Waals surface area contributed by atoms with E-state index in [1.54, 1.807) is 7.11 Å². The maximum absolute atomic E-state index is 5.07. The summed E-state index contributed by atoms with van der Waals surface area (Å²) in [4.78, 5) is 0. The van der Waals surface area contributed by atoms with E-state index in [0.29, 0.717) is 0 Å². The van der Waals surface area contributed by atoms with Crippen molar-refractivity contribution in [2.45, 2.75) is 33.6 Å². The monoisotopic (exact) mass is 180 g/mol. The zero-order valence-corrected chi connectivity index (χ0v) is 9.13. The van der Waals surface area contributed by atoms with E-state index >= 15 is 0 Å². The summed E-state index contributed by atoms with van der Waals surface area (Å²) in [5.74, 6) is 2.68. The van der Waals surface area contributed by atoms with Gasteiger partial charge in [0.15, 0.2) is 0 Å². The highest BCUT2D eigenvalue weighted by atomic mass is 16.5. The first kappa shape index (κ1) is 10.4. The van der Waals surface area contributed by atoms with E-state index in [1.165, 1.54) is 18.4 Å². The lowest BCUT2D eigenvalue weighted by Gasteiger charge is -2.09. The van der Waals surface area contributed by atoms with E-state index in [9.17, 15) is 0 Å². The number of hydrogen-bond donors (Lipinski definition) is 0. The SMILES string of the molecule is CO/C(C)=C/C=C(\C)C(C)C1CC1. The first-order valence-corrected chi connectivity index (χ1v) is 5.04. The van der Waals surface area contributed by atoms with Gasteiger partial charge in [0.1, 0.15) is 0 Å². The molecule has 74 valence electrons. The van der Waals surface area contributed by atoms with Crippen molar-refractivity contribution in [1.29, 1.82) is 0 Å². The Bertz CT molecular complexity index is 221. The third kappa shape index (κ3) is 3.25. The summed E-state index contributed by atoms with van der Waals surface area (Å²) in [6.45, 7) is 6.51. The molecule has 1 atom stereocenters. The smallest absolute Gasteiger partial charge is 0.0924 e. The minimum atomic E-state index is 0.751. The highest BCUT2D eigenvalue weighted by Crippen LogP contribution is 2.39. The molecule has 0 spiro atoms. The van der Waals surface area contributed by atoms with Crippen LogP contribution in [0.2, 0.25) is 0 Å². The summed E-state index contributed by atoms with van der Waals surface area (Å²) in [7, 11) is 1.71. The van der Waals surface area contributed by atoms with Gasteiger partial charge in [0.25, 0.3) is 0 Å². The van der Waals surface area contributed by atoms with Gasteiger partial charge in [-0.15, -0.1) is 0 Å². The van der Waals surface area contributed by atoms with Crippen LogP contribution >= 0.6 is 0 Å². The number of allylic oxidation sites excluding steroid dienone is 4. The highest BCUT2D eigenvalue weighted by molar-refractivity contribution is 5.16. The second-order valence-corrected chi connectivity index (χ2v) is 4.02. The van der Waals surface area contributed by atoms with Gasteiger partial charge in [0, 0.05) is 0 Å². The van der Waals surface area contributed by atoms with Crippen LogP contribution in [-0.4, -0.2) is 7.11 Å². The Balaban J connectivity index is 2.49. The third-order valence-electron chi connectivity index (χ3n) is 2.95. The molecule has 0 aromatic heterocycles. The summed E-state index contributed by atoms with van der Waals surface area (Å²) in [6, 6.07) is 0. The molecular formula is C12H20O. The van der Waals surface area contributed by atoms with E-state index in [2.05, 4.69) is 19.9 Å². The van der Waals surface area contributed by atoms with E-state index in [0.717, 1.165) is 17.6 Å². The van der Waals surface area contributed by atoms with Gasteiger partial charge in [-0.1, -0.05) is 18.6 Å². The molecule has 1 saturated carbocycles. The van der Waals surface area contributed by atoms with Crippen LogP contribution in [0.4, 0.5) is 0 Å². The van der Waals surface area contributed by atoms with Crippen LogP contribution in [-0.2, 0) is 4.74 Å². The molecule has 1 nitrogen and oxygen atoms in total. The van der Waals surface area contributed by atoms with Crippen LogP contribution in [0.25, 0.3) is 0 Å². The molecule has 0 radical (unpaired) electrons. The maximum atomic E-state index is 5.07. The van der Waals surface area contributed by atoms with Crippen LogP contribution in [0.5, 0.6) is 0 Å². The molecule has 1 rings (SSSR count). The average molecular weight is 180 g/mol. The molecule has 13 heavy (non-hydrogen) atoms. The zero-order chi connectivity index (χ0) is 9.84. The second-order valence-electron chi connectivity index (χ2n) is 4.02. The molecule has 1 heteroatoms. The van der Waals surface area contributed by atoms with Crippen molar-refractivity contribution in [1.82, 2.24) is 0 Å². The topological polar surface area (TPSA) is 9.23 Å². The zero-order valence-electron chi connectivity index (χ0n) is 9.13. The van der Waals surface area contributed by atoms with Crippen molar-refractivity contribution >= 4 is 0 Å². The third-order valence-corrected chi connectivity index (χ3v) is 2.95. The van der Waals surface area contributed by atoms with Gasteiger partial charge in [0.2, 0.25) is 0 Å². The average Bonchev–Trinajstić information content (AvgIpc) is 2.95.